The molecule has 2 rings (SSSR count). The molecule has 0 aliphatic carbocycles. The van der Waals surface area contributed by atoms with Gasteiger partial charge in [-0.05, 0) is 17.9 Å². The van der Waals surface area contributed by atoms with E-state index >= 15 is 0 Å². The Morgan fingerprint density at radius 3 is 3.12 bits per heavy atom. The predicted octanol–water partition coefficient (Wildman–Crippen LogP) is 1.42. The zero-order valence-corrected chi connectivity index (χ0v) is 9.79. The van der Waals surface area contributed by atoms with Gasteiger partial charge in [0.15, 0.2) is 6.10 Å². The lowest BCUT2D eigenvalue weighted by Gasteiger charge is -2.29. The van der Waals surface area contributed by atoms with Crippen molar-refractivity contribution in [2.45, 2.75) is 13.0 Å². The maximum absolute atomic E-state index is 12.1. The van der Waals surface area contributed by atoms with E-state index < -0.39 is 6.10 Å². The van der Waals surface area contributed by atoms with E-state index in [9.17, 15) is 4.79 Å². The fraction of sp³-hybridized carbons (Fsp3) is 0.455. The molecule has 0 saturated carbocycles. The molecular formula is C11H12N2O2S. The molecule has 1 atom stereocenters. The molecule has 1 unspecified atom stereocenters. The van der Waals surface area contributed by atoms with Crippen LogP contribution in [0.15, 0.2) is 10.8 Å². The number of aryl methyl sites for hydroxylation is 1. The molecular weight excluding hydrogens is 224 g/mol. The summed E-state index contributed by atoms with van der Waals surface area (Å²) in [5, 5.41) is 12.6. The average molecular weight is 236 g/mol. The van der Waals surface area contributed by atoms with Crippen LogP contribution in [0.3, 0.4) is 0 Å². The molecule has 5 heteroatoms. The maximum atomic E-state index is 12.1. The Morgan fingerprint density at radius 2 is 2.50 bits per heavy atom. The van der Waals surface area contributed by atoms with Crippen LogP contribution in [-0.2, 0) is 4.74 Å². The molecule has 0 spiro atoms. The van der Waals surface area contributed by atoms with Gasteiger partial charge in [-0.1, -0.05) is 0 Å². The van der Waals surface area contributed by atoms with Crippen molar-refractivity contribution in [1.82, 2.24) is 4.90 Å². The van der Waals surface area contributed by atoms with Gasteiger partial charge in [0.2, 0.25) is 0 Å². The van der Waals surface area contributed by atoms with Crippen LogP contribution in [0.5, 0.6) is 0 Å². The maximum Gasteiger partial charge on any atom is 0.255 e. The van der Waals surface area contributed by atoms with Crippen molar-refractivity contribution >= 4 is 17.2 Å². The smallest absolute Gasteiger partial charge is 0.255 e. The highest BCUT2D eigenvalue weighted by molar-refractivity contribution is 7.08. The fourth-order valence-electron chi connectivity index (χ4n) is 1.66. The van der Waals surface area contributed by atoms with Crippen molar-refractivity contribution in [3.05, 3.63) is 21.9 Å². The van der Waals surface area contributed by atoms with E-state index in [2.05, 4.69) is 0 Å². The lowest BCUT2D eigenvalue weighted by molar-refractivity contribution is 0.00346. The molecule has 84 valence electrons. The van der Waals surface area contributed by atoms with Crippen LogP contribution in [0.1, 0.15) is 15.9 Å². The predicted molar refractivity (Wildman–Crippen MR) is 60.3 cm³/mol. The van der Waals surface area contributed by atoms with Gasteiger partial charge in [0.05, 0.1) is 24.8 Å². The van der Waals surface area contributed by atoms with Gasteiger partial charge in [0.1, 0.15) is 0 Å². The number of hydrogen-bond acceptors (Lipinski definition) is 4. The molecule has 1 aliphatic heterocycles. The summed E-state index contributed by atoms with van der Waals surface area (Å²) < 4.78 is 5.20. The van der Waals surface area contributed by atoms with Crippen LogP contribution in [0.25, 0.3) is 0 Å². The summed E-state index contributed by atoms with van der Waals surface area (Å²) in [7, 11) is 0. The molecule has 0 N–H and O–H groups in total. The van der Waals surface area contributed by atoms with Gasteiger partial charge in [0, 0.05) is 11.9 Å². The van der Waals surface area contributed by atoms with Crippen LogP contribution in [0.2, 0.25) is 0 Å². The number of amides is 1. The molecule has 1 fully saturated rings. The second-order valence-electron chi connectivity index (χ2n) is 3.71. The largest absolute Gasteiger partial charge is 0.360 e. The number of carbonyl (C=O) groups excluding carboxylic acids is 1. The summed E-state index contributed by atoms with van der Waals surface area (Å²) >= 11 is 1.52. The van der Waals surface area contributed by atoms with E-state index in [0.717, 1.165) is 11.1 Å². The second-order valence-corrected chi connectivity index (χ2v) is 4.45. The molecule has 2 heterocycles. The summed E-state index contributed by atoms with van der Waals surface area (Å²) in [6, 6.07) is 2.04. The van der Waals surface area contributed by atoms with E-state index in [4.69, 9.17) is 10.00 Å². The van der Waals surface area contributed by atoms with Gasteiger partial charge in [-0.25, -0.2) is 0 Å². The molecule has 0 aromatic carbocycles. The number of morpholine rings is 1. The first-order chi connectivity index (χ1) is 7.72. The molecule has 0 radical (unpaired) electrons. The van der Waals surface area contributed by atoms with Crippen molar-refractivity contribution < 1.29 is 9.53 Å². The van der Waals surface area contributed by atoms with E-state index in [0.29, 0.717) is 19.7 Å². The lowest BCUT2D eigenvalue weighted by atomic mass is 10.2. The average Bonchev–Trinajstić information content (AvgIpc) is 2.74. The van der Waals surface area contributed by atoms with Crippen LogP contribution >= 0.6 is 11.3 Å². The first kappa shape index (κ1) is 11.1. The minimum atomic E-state index is -0.489. The van der Waals surface area contributed by atoms with E-state index in [1.807, 2.05) is 23.8 Å². The number of carbonyl (C=O) groups is 1. The van der Waals surface area contributed by atoms with Crippen LogP contribution in [-0.4, -0.2) is 36.6 Å². The first-order valence-corrected chi connectivity index (χ1v) is 6.00. The summed E-state index contributed by atoms with van der Waals surface area (Å²) in [5.41, 5.74) is 1.73. The molecule has 4 nitrogen and oxygen atoms in total. The van der Waals surface area contributed by atoms with Gasteiger partial charge in [-0.15, -0.1) is 0 Å². The normalized spacial score (nSPS) is 20.5. The van der Waals surface area contributed by atoms with Crippen LogP contribution < -0.4 is 0 Å². The third-order valence-corrected chi connectivity index (χ3v) is 3.45. The number of ether oxygens (including phenoxy) is 1. The highest BCUT2D eigenvalue weighted by atomic mass is 32.1. The molecule has 1 aromatic rings. The summed E-state index contributed by atoms with van der Waals surface area (Å²) in [5.74, 6) is 0.00213. The Morgan fingerprint density at radius 1 is 1.69 bits per heavy atom. The first-order valence-electron chi connectivity index (χ1n) is 5.05. The van der Waals surface area contributed by atoms with Gasteiger partial charge >= 0.3 is 0 Å². The number of rotatable bonds is 1. The number of nitriles is 1. The molecule has 16 heavy (non-hydrogen) atoms. The van der Waals surface area contributed by atoms with Crippen molar-refractivity contribution in [3.63, 3.8) is 0 Å². The lowest BCUT2D eigenvalue weighted by Crippen LogP contribution is -2.45. The Bertz CT molecular complexity index is 435. The standard InChI is InChI=1S/C11H12N2O2S/c1-8-6-16-7-10(8)11(14)13-2-3-15-9(4-12)5-13/h6-7,9H,2-3,5H2,1H3. The third kappa shape index (κ3) is 2.08. The second kappa shape index (κ2) is 4.64. The van der Waals surface area contributed by atoms with E-state index in [-0.39, 0.29) is 5.91 Å². The minimum Gasteiger partial charge on any atom is -0.360 e. The SMILES string of the molecule is Cc1cscc1C(=O)N1CCOC(C#N)C1. The van der Waals surface area contributed by atoms with Crippen molar-refractivity contribution in [2.75, 3.05) is 19.7 Å². The van der Waals surface area contributed by atoms with Gasteiger partial charge in [-0.2, -0.15) is 16.6 Å². The van der Waals surface area contributed by atoms with Crippen LogP contribution in [0.4, 0.5) is 0 Å². The van der Waals surface area contributed by atoms with Crippen LogP contribution in [0, 0.1) is 18.3 Å². The molecule has 1 amide bonds. The quantitative estimate of drug-likeness (QED) is 0.741. The Hall–Kier alpha value is -1.38. The zero-order valence-electron chi connectivity index (χ0n) is 8.97. The van der Waals surface area contributed by atoms with E-state index in [1.165, 1.54) is 11.3 Å². The van der Waals surface area contributed by atoms with Gasteiger partial charge < -0.3 is 9.64 Å². The number of hydrogen-bond donors (Lipinski definition) is 0. The highest BCUT2D eigenvalue weighted by Gasteiger charge is 2.25. The van der Waals surface area contributed by atoms with Crippen molar-refractivity contribution in [3.8, 4) is 6.07 Å². The molecule has 1 saturated heterocycles. The van der Waals surface area contributed by atoms with Crippen molar-refractivity contribution in [1.29, 1.82) is 5.26 Å². The Labute approximate surface area is 98.0 Å². The highest BCUT2D eigenvalue weighted by Crippen LogP contribution is 2.17. The number of thiophene rings is 1. The third-order valence-electron chi connectivity index (χ3n) is 2.58. The topological polar surface area (TPSA) is 53.3 Å². The Kier molecular flexibility index (Phi) is 3.22. The summed E-state index contributed by atoms with van der Waals surface area (Å²) in [6.07, 6.45) is -0.489. The fourth-order valence-corrected chi connectivity index (χ4v) is 2.48. The molecule has 1 aromatic heterocycles. The van der Waals surface area contributed by atoms with Gasteiger partial charge in [-0.3, -0.25) is 4.79 Å². The van der Waals surface area contributed by atoms with Gasteiger partial charge in [0.25, 0.3) is 5.91 Å². The van der Waals surface area contributed by atoms with Crippen molar-refractivity contribution in [2.24, 2.45) is 0 Å². The summed E-state index contributed by atoms with van der Waals surface area (Å²) in [6.45, 7) is 3.29. The summed E-state index contributed by atoms with van der Waals surface area (Å²) in [4.78, 5) is 13.8. The van der Waals surface area contributed by atoms with E-state index in [1.54, 1.807) is 4.90 Å². The Balaban J connectivity index is 2.11. The molecule has 1 aliphatic rings. The molecule has 0 bridgehead atoms. The monoisotopic (exact) mass is 236 g/mol. The number of nitrogens with zero attached hydrogens (tertiary/aromatic N) is 2. The minimum absolute atomic E-state index is 0.00213. The zero-order chi connectivity index (χ0) is 11.5.